The molecule has 2 amide bonds. The molecule has 2 fully saturated rings. The number of nitrogens with one attached hydrogen (secondary N) is 3. The second kappa shape index (κ2) is 8.65. The number of pyridine rings is 1. The molecule has 2 atom stereocenters. The first-order valence-electron chi connectivity index (χ1n) is 11.8. The monoisotopic (exact) mass is 441 g/mol. The number of aromatic nitrogens is 3. The fourth-order valence-electron chi connectivity index (χ4n) is 5.42. The first-order valence-corrected chi connectivity index (χ1v) is 11.8. The van der Waals surface area contributed by atoms with E-state index in [0.29, 0.717) is 27.9 Å². The Morgan fingerprint density at radius 3 is 2.61 bits per heavy atom. The lowest BCUT2D eigenvalue weighted by Gasteiger charge is -2.45. The zero-order chi connectivity index (χ0) is 22.9. The SMILES string of the molecule is Cc1nc2nc(NC34[B]C(C)(CCCC3)CCC4)cnc2cc1NC(=O)Nc1ccccc1. The molecule has 8 heteroatoms. The number of para-hydroxylation sites is 1. The molecule has 1 aromatic carbocycles. The third kappa shape index (κ3) is 4.79. The van der Waals surface area contributed by atoms with E-state index in [4.69, 9.17) is 4.98 Å². The molecular formula is C25H30BN6O. The van der Waals surface area contributed by atoms with Crippen LogP contribution in [0.1, 0.15) is 57.6 Å². The van der Waals surface area contributed by atoms with Gasteiger partial charge in [0.15, 0.2) is 12.9 Å². The third-order valence-electron chi connectivity index (χ3n) is 7.00. The predicted molar refractivity (Wildman–Crippen MR) is 134 cm³/mol. The van der Waals surface area contributed by atoms with Crippen LogP contribution in [0.2, 0.25) is 5.31 Å². The first kappa shape index (κ1) is 21.7. The predicted octanol–water partition coefficient (Wildman–Crippen LogP) is 5.73. The summed E-state index contributed by atoms with van der Waals surface area (Å²) in [7, 11) is 2.55. The molecule has 169 valence electrons. The highest BCUT2D eigenvalue weighted by Gasteiger charge is 2.44. The number of amides is 2. The molecular weight excluding hydrogens is 411 g/mol. The Hall–Kier alpha value is -3.16. The minimum Gasteiger partial charge on any atom is -0.371 e. The molecule has 2 aliphatic rings. The van der Waals surface area contributed by atoms with Crippen LogP contribution in [0.3, 0.4) is 0 Å². The highest BCUT2D eigenvalue weighted by Crippen LogP contribution is 2.49. The van der Waals surface area contributed by atoms with E-state index in [0.717, 1.165) is 24.3 Å². The summed E-state index contributed by atoms with van der Waals surface area (Å²) < 4.78 is 0. The molecule has 2 aliphatic heterocycles. The Kier molecular flexibility index (Phi) is 5.68. The average molecular weight is 441 g/mol. The minimum atomic E-state index is -0.319. The van der Waals surface area contributed by atoms with Gasteiger partial charge in [0.05, 0.1) is 17.6 Å². The van der Waals surface area contributed by atoms with Crippen LogP contribution in [0.15, 0.2) is 42.6 Å². The summed E-state index contributed by atoms with van der Waals surface area (Å²) in [6, 6.07) is 10.8. The molecule has 0 saturated carbocycles. The molecule has 7 nitrogen and oxygen atoms in total. The summed E-state index contributed by atoms with van der Waals surface area (Å²) in [4.78, 5) is 26.4. The Morgan fingerprint density at radius 1 is 1.00 bits per heavy atom. The quantitative estimate of drug-likeness (QED) is 0.450. The normalized spacial score (nSPS) is 24.4. The number of urea groups is 1. The molecule has 3 N–H and O–H groups in total. The van der Waals surface area contributed by atoms with Crippen molar-refractivity contribution in [3.05, 3.63) is 48.3 Å². The number of hydrogen-bond acceptors (Lipinski definition) is 5. The van der Waals surface area contributed by atoms with Gasteiger partial charge in [-0.25, -0.2) is 19.7 Å². The van der Waals surface area contributed by atoms with Gasteiger partial charge in [-0.2, -0.15) is 0 Å². The highest BCUT2D eigenvalue weighted by atomic mass is 16.2. The standard InChI is InChI=1S/C25H30BN6O/c1-17-19(30-23(33)29-18-9-4-3-5-10-18)15-20-22(28-17)31-21(16-27-20)32-25-13-7-6-11-24(2,26-25)12-8-14-25/h3-5,9-10,15-16H,6-8,11-14H2,1-2H3,(H,28,31,32)(H2,29,30,33). The average Bonchev–Trinajstić information content (AvgIpc) is 2.89. The summed E-state index contributed by atoms with van der Waals surface area (Å²) in [5.74, 6) is 0.763. The Morgan fingerprint density at radius 2 is 1.76 bits per heavy atom. The van der Waals surface area contributed by atoms with Gasteiger partial charge in [-0.1, -0.05) is 62.5 Å². The molecule has 2 aromatic heterocycles. The van der Waals surface area contributed by atoms with Crippen LogP contribution in [0.4, 0.5) is 22.0 Å². The van der Waals surface area contributed by atoms with Gasteiger partial charge < -0.3 is 16.0 Å². The molecule has 1 radical (unpaired) electrons. The molecule has 3 aromatic rings. The molecule has 0 aliphatic carbocycles. The van der Waals surface area contributed by atoms with E-state index in [1.54, 1.807) is 6.20 Å². The van der Waals surface area contributed by atoms with Gasteiger partial charge in [0.25, 0.3) is 0 Å². The van der Waals surface area contributed by atoms with Gasteiger partial charge in [-0.05, 0) is 38.0 Å². The minimum absolute atomic E-state index is 0.0159. The third-order valence-corrected chi connectivity index (χ3v) is 7.00. The van der Waals surface area contributed by atoms with Crippen LogP contribution < -0.4 is 16.0 Å². The number of carbonyl (C=O) groups excluding carboxylic acids is 1. The fraction of sp³-hybridized carbons (Fsp3) is 0.440. The van der Waals surface area contributed by atoms with Crippen LogP contribution in [0.5, 0.6) is 0 Å². The molecule has 5 rings (SSSR count). The van der Waals surface area contributed by atoms with Crippen molar-refractivity contribution in [3.8, 4) is 0 Å². The van der Waals surface area contributed by atoms with Crippen molar-refractivity contribution in [1.82, 2.24) is 15.0 Å². The van der Waals surface area contributed by atoms with E-state index in [9.17, 15) is 4.79 Å². The van der Waals surface area contributed by atoms with Crippen LogP contribution in [0, 0.1) is 6.92 Å². The van der Waals surface area contributed by atoms with E-state index >= 15 is 0 Å². The van der Waals surface area contributed by atoms with Crippen molar-refractivity contribution in [2.75, 3.05) is 16.0 Å². The van der Waals surface area contributed by atoms with Crippen LogP contribution in [-0.2, 0) is 0 Å². The van der Waals surface area contributed by atoms with Crippen molar-refractivity contribution in [2.45, 2.75) is 69.5 Å². The van der Waals surface area contributed by atoms with E-state index < -0.39 is 0 Å². The van der Waals surface area contributed by atoms with Gasteiger partial charge in [0, 0.05) is 11.1 Å². The van der Waals surface area contributed by atoms with E-state index in [-0.39, 0.29) is 11.5 Å². The van der Waals surface area contributed by atoms with Crippen LogP contribution in [-0.4, -0.2) is 33.7 Å². The van der Waals surface area contributed by atoms with E-state index in [1.165, 1.54) is 32.1 Å². The Bertz CT molecular complexity index is 1170. The molecule has 0 spiro atoms. The Labute approximate surface area is 195 Å². The van der Waals surface area contributed by atoms with Crippen LogP contribution >= 0.6 is 0 Å². The van der Waals surface area contributed by atoms with Gasteiger partial charge in [0.2, 0.25) is 0 Å². The number of nitrogens with zero attached hydrogens (tertiary/aromatic N) is 3. The van der Waals surface area contributed by atoms with E-state index in [1.807, 2.05) is 43.3 Å². The maximum absolute atomic E-state index is 12.4. The van der Waals surface area contributed by atoms with Gasteiger partial charge in [-0.15, -0.1) is 0 Å². The lowest BCUT2D eigenvalue weighted by atomic mass is 9.37. The molecule has 4 heterocycles. The van der Waals surface area contributed by atoms with Crippen molar-refractivity contribution < 1.29 is 4.79 Å². The van der Waals surface area contributed by atoms with Crippen LogP contribution in [0.25, 0.3) is 11.2 Å². The number of anilines is 3. The number of rotatable bonds is 4. The van der Waals surface area contributed by atoms with E-state index in [2.05, 4.69) is 40.1 Å². The van der Waals surface area contributed by atoms with Crippen molar-refractivity contribution in [3.63, 3.8) is 0 Å². The number of benzene rings is 1. The summed E-state index contributed by atoms with van der Waals surface area (Å²) in [5, 5.41) is 9.72. The molecule has 33 heavy (non-hydrogen) atoms. The highest BCUT2D eigenvalue weighted by molar-refractivity contribution is 6.45. The number of hydrogen-bond donors (Lipinski definition) is 3. The zero-order valence-electron chi connectivity index (χ0n) is 19.3. The lowest BCUT2D eigenvalue weighted by molar-refractivity contribution is 0.262. The molecule has 2 saturated heterocycles. The fourth-order valence-corrected chi connectivity index (χ4v) is 5.42. The first-order chi connectivity index (χ1) is 15.9. The number of aryl methyl sites for hydroxylation is 1. The smallest absolute Gasteiger partial charge is 0.323 e. The van der Waals surface area contributed by atoms with Crippen molar-refractivity contribution in [2.24, 2.45) is 0 Å². The maximum atomic E-state index is 12.4. The van der Waals surface area contributed by atoms with Gasteiger partial charge in [0.1, 0.15) is 11.3 Å². The summed E-state index contributed by atoms with van der Waals surface area (Å²) in [6.45, 7) is 4.26. The van der Waals surface area contributed by atoms with Crippen molar-refractivity contribution in [1.29, 1.82) is 0 Å². The second-order valence-corrected chi connectivity index (χ2v) is 9.80. The lowest BCUT2D eigenvalue weighted by Crippen LogP contribution is -2.50. The number of fused-ring (bicyclic) bond motifs is 3. The summed E-state index contributed by atoms with van der Waals surface area (Å²) in [5.41, 5.74) is 3.25. The Balaban J connectivity index is 1.34. The number of carbonyl (C=O) groups is 1. The van der Waals surface area contributed by atoms with Crippen molar-refractivity contribution >= 4 is 41.7 Å². The zero-order valence-corrected chi connectivity index (χ0v) is 19.3. The maximum Gasteiger partial charge on any atom is 0.323 e. The van der Waals surface area contributed by atoms with Gasteiger partial charge in [-0.3, -0.25) is 0 Å². The molecule has 2 bridgehead atoms. The summed E-state index contributed by atoms with van der Waals surface area (Å²) in [6.07, 6.45) is 10.3. The largest absolute Gasteiger partial charge is 0.371 e. The van der Waals surface area contributed by atoms with Gasteiger partial charge >= 0.3 is 6.03 Å². The second-order valence-electron chi connectivity index (χ2n) is 9.80. The molecule has 2 unspecified atom stereocenters. The topological polar surface area (TPSA) is 91.8 Å². The summed E-state index contributed by atoms with van der Waals surface area (Å²) >= 11 is 0.